The highest BCUT2D eigenvalue weighted by Gasteiger charge is 2.28. The van der Waals surface area contributed by atoms with Crippen molar-refractivity contribution in [3.05, 3.63) is 0 Å². The first kappa shape index (κ1) is 67.5. The molecule has 0 saturated carbocycles. The third-order valence-corrected chi connectivity index (χ3v) is 20.8. The first-order valence-electron chi connectivity index (χ1n) is 33.1. The molecule has 0 nitrogen and oxygen atoms in total. The first-order valence-corrected chi connectivity index (χ1v) is 35.6. The summed E-state index contributed by atoms with van der Waals surface area (Å²) in [6, 6.07) is 0. The Balaban J connectivity index is 6.08. The lowest BCUT2D eigenvalue weighted by molar-refractivity contribution is 0.403. The zero-order valence-electron chi connectivity index (χ0n) is 48.6. The minimum atomic E-state index is -0.870. The maximum Gasteiger partial charge on any atom is 0.262 e. The molecule has 0 bridgehead atoms. The van der Waals surface area contributed by atoms with Crippen LogP contribution in [0, 0.1) is 17.8 Å². The SMILES string of the molecule is CCCCCCCCCCCCC(CCCCCCCC)[CH2][Al]([CH2]C(CCCCCCCC)CCCCCCCCCCCC)[CH2]C(CCCCCCCC)CCCCCCCCCCCC. The molecule has 0 radical (unpaired) electrons. The van der Waals surface area contributed by atoms with Crippen LogP contribution in [0.4, 0.5) is 0 Å². The molecular formula is C66H135Al. The highest BCUT2D eigenvalue weighted by Crippen LogP contribution is 2.35. The normalized spacial score (nSPS) is 13.2. The molecular weight excluding hydrogens is 820 g/mol. The van der Waals surface area contributed by atoms with Crippen molar-refractivity contribution >= 4 is 14.1 Å². The number of hydrogen-bond acceptors (Lipinski definition) is 0. The largest absolute Gasteiger partial charge is 0.262 e. The van der Waals surface area contributed by atoms with Gasteiger partial charge >= 0.3 is 0 Å². The van der Waals surface area contributed by atoms with E-state index in [1.807, 2.05) is 0 Å². The molecule has 402 valence electrons. The monoisotopic (exact) mass is 955 g/mol. The van der Waals surface area contributed by atoms with Crippen LogP contribution in [0.5, 0.6) is 0 Å². The summed E-state index contributed by atoms with van der Waals surface area (Å²) in [6.45, 7) is 14.2. The fraction of sp³-hybridized carbons (Fsp3) is 1.00. The summed E-state index contributed by atoms with van der Waals surface area (Å²) >= 11 is -0.870. The summed E-state index contributed by atoms with van der Waals surface area (Å²) in [4.78, 5) is 0. The molecule has 3 unspecified atom stereocenters. The summed E-state index contributed by atoms with van der Waals surface area (Å²) in [5.41, 5.74) is 0. The van der Waals surface area contributed by atoms with E-state index in [0.29, 0.717) is 0 Å². The second-order valence-electron chi connectivity index (χ2n) is 23.8. The number of rotatable bonds is 60. The average molecular weight is 956 g/mol. The predicted molar refractivity (Wildman–Crippen MR) is 314 cm³/mol. The van der Waals surface area contributed by atoms with Gasteiger partial charge in [0, 0.05) is 0 Å². The molecule has 0 heterocycles. The van der Waals surface area contributed by atoms with Gasteiger partial charge in [-0.3, -0.25) is 0 Å². The second-order valence-corrected chi connectivity index (χ2v) is 26.9. The van der Waals surface area contributed by atoms with Crippen molar-refractivity contribution in [1.29, 1.82) is 0 Å². The summed E-state index contributed by atoms with van der Waals surface area (Å²) in [5.74, 6) is 3.16. The topological polar surface area (TPSA) is 0 Å². The molecule has 1 heteroatoms. The predicted octanol–water partition coefficient (Wildman–Crippen LogP) is 25.5. The molecule has 0 fully saturated rings. The smallest absolute Gasteiger partial charge is 0.0910 e. The lowest BCUT2D eigenvalue weighted by Crippen LogP contribution is -2.25. The van der Waals surface area contributed by atoms with E-state index in [4.69, 9.17) is 0 Å². The minimum Gasteiger partial charge on any atom is -0.0910 e. The summed E-state index contributed by atoms with van der Waals surface area (Å²) in [6.07, 6.45) is 80.6. The Morgan fingerprint density at radius 1 is 0.164 bits per heavy atom. The van der Waals surface area contributed by atoms with Gasteiger partial charge in [0.25, 0.3) is 14.1 Å². The van der Waals surface area contributed by atoms with Gasteiger partial charge in [-0.05, 0) is 0 Å². The van der Waals surface area contributed by atoms with E-state index < -0.39 is 14.1 Å². The van der Waals surface area contributed by atoms with Crippen LogP contribution in [0.15, 0.2) is 0 Å². The van der Waals surface area contributed by atoms with Crippen LogP contribution in [-0.4, -0.2) is 14.1 Å². The quantitative estimate of drug-likeness (QED) is 0.0421. The van der Waals surface area contributed by atoms with Crippen molar-refractivity contribution in [2.24, 2.45) is 17.8 Å². The highest BCUT2D eigenvalue weighted by molar-refractivity contribution is 6.59. The van der Waals surface area contributed by atoms with Crippen LogP contribution in [0.25, 0.3) is 0 Å². The molecule has 0 saturated heterocycles. The Morgan fingerprint density at radius 3 is 0.418 bits per heavy atom. The van der Waals surface area contributed by atoms with Crippen LogP contribution >= 0.6 is 0 Å². The van der Waals surface area contributed by atoms with Gasteiger partial charge in [-0.1, -0.05) is 422 Å². The van der Waals surface area contributed by atoms with E-state index in [0.717, 1.165) is 17.8 Å². The van der Waals surface area contributed by atoms with Crippen molar-refractivity contribution in [2.45, 2.75) is 404 Å². The van der Waals surface area contributed by atoms with Gasteiger partial charge in [0.05, 0.1) is 0 Å². The highest BCUT2D eigenvalue weighted by atomic mass is 27.2. The van der Waals surface area contributed by atoms with Crippen LogP contribution in [0.2, 0.25) is 15.8 Å². The lowest BCUT2D eigenvalue weighted by atomic mass is 9.94. The van der Waals surface area contributed by atoms with E-state index in [1.165, 1.54) is 308 Å². The molecule has 3 atom stereocenters. The molecule has 0 N–H and O–H groups in total. The molecule has 0 aromatic rings. The van der Waals surface area contributed by atoms with E-state index in [-0.39, 0.29) is 0 Å². The molecule has 0 spiro atoms. The van der Waals surface area contributed by atoms with Gasteiger partial charge in [0.2, 0.25) is 0 Å². The number of unbranched alkanes of at least 4 members (excludes halogenated alkanes) is 42. The van der Waals surface area contributed by atoms with E-state index in [2.05, 4.69) is 41.5 Å². The van der Waals surface area contributed by atoms with E-state index in [9.17, 15) is 0 Å². The number of hydrogen-bond donors (Lipinski definition) is 0. The van der Waals surface area contributed by atoms with Crippen LogP contribution in [-0.2, 0) is 0 Å². The van der Waals surface area contributed by atoms with Gasteiger partial charge in [-0.15, -0.1) is 0 Å². The van der Waals surface area contributed by atoms with Gasteiger partial charge in [-0.2, -0.15) is 0 Å². The Hall–Kier alpha value is 0.532. The summed E-state index contributed by atoms with van der Waals surface area (Å²) in [7, 11) is 0. The minimum absolute atomic E-state index is 0.870. The molecule has 0 aromatic heterocycles. The van der Waals surface area contributed by atoms with Crippen molar-refractivity contribution < 1.29 is 0 Å². The fourth-order valence-corrected chi connectivity index (χ4v) is 17.1. The van der Waals surface area contributed by atoms with E-state index in [1.54, 1.807) is 54.4 Å². The zero-order valence-corrected chi connectivity index (χ0v) is 49.8. The van der Waals surface area contributed by atoms with Crippen LogP contribution in [0.1, 0.15) is 388 Å². The Bertz CT molecular complexity index is 741. The maximum atomic E-state index is 2.39. The first-order chi connectivity index (χ1) is 33.1. The molecule has 0 aliphatic carbocycles. The van der Waals surface area contributed by atoms with Gasteiger partial charge in [0.15, 0.2) is 0 Å². The Labute approximate surface area is 433 Å². The van der Waals surface area contributed by atoms with Gasteiger partial charge in [0.1, 0.15) is 0 Å². The van der Waals surface area contributed by atoms with Crippen molar-refractivity contribution in [2.75, 3.05) is 0 Å². The summed E-state index contributed by atoms with van der Waals surface area (Å²) in [5, 5.41) is 5.17. The molecule has 0 aliphatic rings. The fourth-order valence-electron chi connectivity index (χ4n) is 12.2. The van der Waals surface area contributed by atoms with E-state index >= 15 is 0 Å². The third kappa shape index (κ3) is 52.7. The molecule has 0 amide bonds. The van der Waals surface area contributed by atoms with Crippen molar-refractivity contribution in [3.8, 4) is 0 Å². The standard InChI is InChI=1S/3C22H45.Al/c3*1-4-6-8-10-12-13-14-15-17-19-21-22(3)20-18-16-11-9-7-5-2;/h3*22H,3-21H2,1-2H3;. The van der Waals surface area contributed by atoms with Crippen molar-refractivity contribution in [3.63, 3.8) is 0 Å². The van der Waals surface area contributed by atoms with Crippen LogP contribution < -0.4 is 0 Å². The van der Waals surface area contributed by atoms with Gasteiger partial charge < -0.3 is 0 Å². The second kappa shape index (κ2) is 59.1. The molecule has 0 aliphatic heterocycles. The molecule has 0 aromatic carbocycles. The van der Waals surface area contributed by atoms with Crippen LogP contribution in [0.3, 0.4) is 0 Å². The lowest BCUT2D eigenvalue weighted by Gasteiger charge is -2.28. The maximum absolute atomic E-state index is 2.39. The Kier molecular flexibility index (Phi) is 59.6. The summed E-state index contributed by atoms with van der Waals surface area (Å²) < 4.78 is 0. The van der Waals surface area contributed by atoms with Gasteiger partial charge in [-0.25, -0.2) is 0 Å². The molecule has 0 rings (SSSR count). The van der Waals surface area contributed by atoms with Crippen molar-refractivity contribution in [1.82, 2.24) is 0 Å². The Morgan fingerprint density at radius 2 is 0.284 bits per heavy atom. The third-order valence-electron chi connectivity index (χ3n) is 16.8. The molecule has 67 heavy (non-hydrogen) atoms. The average Bonchev–Trinajstić information content (AvgIpc) is 3.33. The zero-order chi connectivity index (χ0) is 48.6.